The Morgan fingerprint density at radius 1 is 1.00 bits per heavy atom. The Bertz CT molecular complexity index is 1120. The molecule has 2 fully saturated rings. The van der Waals surface area contributed by atoms with Gasteiger partial charge >= 0.3 is 0 Å². The first-order chi connectivity index (χ1) is 17.5. The molecule has 2 aromatic rings. The molecule has 2 heterocycles. The van der Waals surface area contributed by atoms with Crippen LogP contribution in [0, 0.1) is 0 Å². The molecule has 0 bridgehead atoms. The highest BCUT2D eigenvalue weighted by Crippen LogP contribution is 2.41. The third-order valence-electron chi connectivity index (χ3n) is 6.46. The highest BCUT2D eigenvalue weighted by molar-refractivity contribution is 6.46. The number of rotatable bonds is 9. The van der Waals surface area contributed by atoms with Crippen molar-refractivity contribution < 1.29 is 33.6 Å². The second kappa shape index (κ2) is 11.5. The number of aliphatic hydroxyl groups excluding tert-OH is 1. The first kappa shape index (κ1) is 25.5. The van der Waals surface area contributed by atoms with Crippen LogP contribution in [-0.2, 0) is 14.3 Å². The van der Waals surface area contributed by atoms with Crippen molar-refractivity contribution in [2.75, 3.05) is 60.2 Å². The number of carbonyl (C=O) groups excluding carboxylic acids is 2. The van der Waals surface area contributed by atoms with Crippen LogP contribution in [0.25, 0.3) is 5.76 Å². The van der Waals surface area contributed by atoms with Gasteiger partial charge in [-0.25, -0.2) is 0 Å². The highest BCUT2D eigenvalue weighted by Gasteiger charge is 2.46. The lowest BCUT2D eigenvalue weighted by Crippen LogP contribution is -2.42. The van der Waals surface area contributed by atoms with Crippen molar-refractivity contribution in [3.8, 4) is 17.2 Å². The monoisotopic (exact) mass is 496 g/mol. The summed E-state index contributed by atoms with van der Waals surface area (Å²) in [4.78, 5) is 30.3. The zero-order valence-corrected chi connectivity index (χ0v) is 20.9. The number of carbonyl (C=O) groups is 2. The average Bonchev–Trinajstić information content (AvgIpc) is 3.17. The van der Waals surface area contributed by atoms with E-state index >= 15 is 0 Å². The Hall–Kier alpha value is -3.56. The number of benzene rings is 2. The van der Waals surface area contributed by atoms with Crippen molar-refractivity contribution in [1.29, 1.82) is 0 Å². The number of methoxy groups -OCH3 is 2. The Balaban J connectivity index is 1.75. The van der Waals surface area contributed by atoms with Gasteiger partial charge < -0.3 is 29.0 Å². The molecule has 192 valence electrons. The van der Waals surface area contributed by atoms with Crippen LogP contribution in [0.2, 0.25) is 0 Å². The van der Waals surface area contributed by atoms with Crippen LogP contribution in [0.3, 0.4) is 0 Å². The normalized spacial score (nSPS) is 20.0. The predicted octanol–water partition coefficient (Wildman–Crippen LogP) is 2.86. The van der Waals surface area contributed by atoms with E-state index in [1.807, 2.05) is 19.1 Å². The van der Waals surface area contributed by atoms with E-state index in [0.717, 1.165) is 13.1 Å². The number of nitrogens with zero attached hydrogens (tertiary/aromatic N) is 2. The maximum Gasteiger partial charge on any atom is 0.295 e. The smallest absolute Gasteiger partial charge is 0.295 e. The zero-order chi connectivity index (χ0) is 25.7. The minimum atomic E-state index is -0.741. The van der Waals surface area contributed by atoms with Crippen molar-refractivity contribution in [3.05, 3.63) is 59.2 Å². The fraction of sp³-hybridized carbons (Fsp3) is 0.407. The van der Waals surface area contributed by atoms with Gasteiger partial charge in [0.25, 0.3) is 11.7 Å². The van der Waals surface area contributed by atoms with Gasteiger partial charge in [0, 0.05) is 31.7 Å². The SMILES string of the molecule is CCOc1ccc([C@H]2C(=C(O)c3ccc(OC)c(OC)c3)C(=O)C(=O)N2CCN2CCOCC2)cc1. The van der Waals surface area contributed by atoms with Crippen molar-refractivity contribution in [2.24, 2.45) is 0 Å². The summed E-state index contributed by atoms with van der Waals surface area (Å²) in [6.07, 6.45) is 0. The number of ether oxygens (including phenoxy) is 4. The summed E-state index contributed by atoms with van der Waals surface area (Å²) >= 11 is 0. The van der Waals surface area contributed by atoms with Gasteiger partial charge in [0.05, 0.1) is 45.7 Å². The number of morpholine rings is 1. The topological polar surface area (TPSA) is 97.8 Å². The molecular formula is C27H32N2O7. The summed E-state index contributed by atoms with van der Waals surface area (Å²) in [6, 6.07) is 11.4. The minimum Gasteiger partial charge on any atom is -0.507 e. The van der Waals surface area contributed by atoms with Crippen LogP contribution in [0.1, 0.15) is 24.1 Å². The number of aliphatic hydroxyl groups is 1. The minimum absolute atomic E-state index is 0.0401. The van der Waals surface area contributed by atoms with Crippen LogP contribution in [0.5, 0.6) is 17.2 Å². The first-order valence-corrected chi connectivity index (χ1v) is 12.0. The average molecular weight is 497 g/mol. The predicted molar refractivity (Wildman–Crippen MR) is 133 cm³/mol. The molecule has 0 aromatic heterocycles. The summed E-state index contributed by atoms with van der Waals surface area (Å²) in [6.45, 7) is 6.17. The molecule has 0 spiro atoms. The molecule has 0 saturated carbocycles. The lowest BCUT2D eigenvalue weighted by Gasteiger charge is -2.31. The van der Waals surface area contributed by atoms with E-state index < -0.39 is 17.7 Å². The molecule has 1 N–H and O–H groups in total. The van der Waals surface area contributed by atoms with E-state index in [9.17, 15) is 14.7 Å². The van der Waals surface area contributed by atoms with Crippen LogP contribution < -0.4 is 14.2 Å². The van der Waals surface area contributed by atoms with Crippen LogP contribution >= 0.6 is 0 Å². The van der Waals surface area contributed by atoms with E-state index in [1.165, 1.54) is 14.2 Å². The van der Waals surface area contributed by atoms with E-state index in [-0.39, 0.29) is 11.3 Å². The molecule has 1 atom stereocenters. The maximum absolute atomic E-state index is 13.3. The number of ketones is 1. The second-order valence-corrected chi connectivity index (χ2v) is 8.52. The number of amides is 1. The number of hydrogen-bond acceptors (Lipinski definition) is 8. The Morgan fingerprint density at radius 3 is 2.33 bits per heavy atom. The number of hydrogen-bond donors (Lipinski definition) is 1. The van der Waals surface area contributed by atoms with Gasteiger partial charge in [-0.15, -0.1) is 0 Å². The molecule has 4 rings (SSSR count). The van der Waals surface area contributed by atoms with Crippen LogP contribution in [0.4, 0.5) is 0 Å². The molecule has 0 radical (unpaired) electrons. The Morgan fingerprint density at radius 2 is 1.69 bits per heavy atom. The van der Waals surface area contributed by atoms with Gasteiger partial charge in [-0.2, -0.15) is 0 Å². The van der Waals surface area contributed by atoms with Gasteiger partial charge in [0.15, 0.2) is 11.5 Å². The number of Topliss-reactive ketones (excluding diaryl/α,β-unsaturated/α-hetero) is 1. The van der Waals surface area contributed by atoms with Gasteiger partial charge in [-0.1, -0.05) is 12.1 Å². The van der Waals surface area contributed by atoms with Crippen molar-refractivity contribution in [1.82, 2.24) is 9.80 Å². The van der Waals surface area contributed by atoms with Crippen LogP contribution in [0.15, 0.2) is 48.0 Å². The van der Waals surface area contributed by atoms with Crippen LogP contribution in [-0.4, -0.2) is 86.8 Å². The third-order valence-corrected chi connectivity index (χ3v) is 6.46. The van der Waals surface area contributed by atoms with Gasteiger partial charge in [-0.05, 0) is 42.8 Å². The fourth-order valence-electron chi connectivity index (χ4n) is 4.58. The standard InChI is InChI=1S/C27H32N2O7/c1-4-36-20-8-5-18(6-9-20)24-23(25(30)19-7-10-21(33-2)22(17-19)34-3)26(31)27(32)29(24)12-11-28-13-15-35-16-14-28/h5-10,17,24,30H,4,11-16H2,1-3H3/t24-/m0/s1. The van der Waals surface area contributed by atoms with E-state index in [4.69, 9.17) is 18.9 Å². The maximum atomic E-state index is 13.3. The van der Waals surface area contributed by atoms with E-state index in [2.05, 4.69) is 4.90 Å². The molecular weight excluding hydrogens is 464 g/mol. The molecule has 9 heteroatoms. The van der Waals surface area contributed by atoms with E-state index in [1.54, 1.807) is 35.2 Å². The largest absolute Gasteiger partial charge is 0.507 e. The molecule has 2 aliphatic heterocycles. The second-order valence-electron chi connectivity index (χ2n) is 8.52. The third kappa shape index (κ3) is 5.17. The lowest BCUT2D eigenvalue weighted by molar-refractivity contribution is -0.140. The molecule has 2 aromatic carbocycles. The summed E-state index contributed by atoms with van der Waals surface area (Å²) in [5, 5.41) is 11.3. The molecule has 36 heavy (non-hydrogen) atoms. The van der Waals surface area contributed by atoms with Crippen molar-refractivity contribution in [3.63, 3.8) is 0 Å². The molecule has 9 nitrogen and oxygen atoms in total. The number of likely N-dealkylation sites (tertiary alicyclic amines) is 1. The molecule has 1 amide bonds. The summed E-state index contributed by atoms with van der Waals surface area (Å²) in [7, 11) is 3.01. The fourth-order valence-corrected chi connectivity index (χ4v) is 4.58. The Labute approximate surface area is 210 Å². The zero-order valence-electron chi connectivity index (χ0n) is 20.9. The molecule has 0 aliphatic carbocycles. The molecule has 2 aliphatic rings. The van der Waals surface area contributed by atoms with Crippen molar-refractivity contribution in [2.45, 2.75) is 13.0 Å². The molecule has 0 unspecified atom stereocenters. The summed E-state index contributed by atoms with van der Waals surface area (Å²) in [5.74, 6) is -0.0374. The van der Waals surface area contributed by atoms with Gasteiger partial charge in [0.1, 0.15) is 11.5 Å². The van der Waals surface area contributed by atoms with Gasteiger partial charge in [0.2, 0.25) is 0 Å². The van der Waals surface area contributed by atoms with E-state index in [0.29, 0.717) is 61.3 Å². The summed E-state index contributed by atoms with van der Waals surface area (Å²) < 4.78 is 21.6. The quantitative estimate of drug-likeness (QED) is 0.322. The Kier molecular flexibility index (Phi) is 8.12. The van der Waals surface area contributed by atoms with Crippen molar-refractivity contribution >= 4 is 17.4 Å². The molecule has 2 saturated heterocycles. The lowest BCUT2D eigenvalue weighted by atomic mass is 9.95. The summed E-state index contributed by atoms with van der Waals surface area (Å²) in [5.41, 5.74) is 1.11. The first-order valence-electron chi connectivity index (χ1n) is 12.0. The van der Waals surface area contributed by atoms with Gasteiger partial charge in [-0.3, -0.25) is 14.5 Å². The highest BCUT2D eigenvalue weighted by atomic mass is 16.5.